The van der Waals surface area contributed by atoms with Gasteiger partial charge in [-0.05, 0) is 0 Å². The third kappa shape index (κ3) is 4.89. The van der Waals surface area contributed by atoms with Crippen LogP contribution < -0.4 is 0 Å². The summed E-state index contributed by atoms with van der Waals surface area (Å²) < 4.78 is 4.65. The molecule has 0 aromatic rings. The lowest BCUT2D eigenvalue weighted by Gasteiger charge is -1.96. The Labute approximate surface area is 55.2 Å². The van der Waals surface area contributed by atoms with E-state index in [0.29, 0.717) is 19.4 Å². The number of rotatable bonds is 3. The highest BCUT2D eigenvalue weighted by Crippen LogP contribution is 1.85. The van der Waals surface area contributed by atoms with Crippen LogP contribution in [0.2, 0.25) is 0 Å². The maximum Gasteiger partial charge on any atom is 0.305 e. The fraction of sp³-hybridized carbons (Fsp3) is 0.571. The van der Waals surface area contributed by atoms with Gasteiger partial charge in [-0.3, -0.25) is 4.79 Å². The molecule has 0 N–H and O–H groups in total. The lowest BCUT2D eigenvalue weighted by atomic mass is 10.5. The lowest BCUT2D eigenvalue weighted by molar-refractivity contribution is -0.143. The third-order valence-electron chi connectivity index (χ3n) is 0.798. The van der Waals surface area contributed by atoms with Crippen molar-refractivity contribution in [2.75, 3.05) is 6.61 Å². The minimum absolute atomic E-state index is 0.190. The van der Waals surface area contributed by atoms with E-state index in [1.165, 1.54) is 0 Å². The normalized spacial score (nSPS) is 8.00. The first-order chi connectivity index (χ1) is 4.31. The number of carbonyl (C=O) groups excluding carboxylic acids is 1. The Kier molecular flexibility index (Phi) is 4.61. The number of hydrogen-bond donors (Lipinski definition) is 0. The molecule has 0 atom stereocenters. The Morgan fingerprint density at radius 2 is 2.44 bits per heavy atom. The summed E-state index contributed by atoms with van der Waals surface area (Å²) in [6.45, 7) is 2.10. The van der Waals surface area contributed by atoms with E-state index in [4.69, 9.17) is 6.42 Å². The summed E-state index contributed by atoms with van der Waals surface area (Å²) in [4.78, 5) is 10.4. The first kappa shape index (κ1) is 8.03. The summed E-state index contributed by atoms with van der Waals surface area (Å²) in [5, 5.41) is 0. The van der Waals surface area contributed by atoms with Crippen LogP contribution >= 0.6 is 0 Å². The highest BCUT2D eigenvalue weighted by Gasteiger charge is 1.94. The van der Waals surface area contributed by atoms with Crippen molar-refractivity contribution in [2.24, 2.45) is 0 Å². The van der Waals surface area contributed by atoms with Gasteiger partial charge in [0, 0.05) is 12.8 Å². The predicted octanol–water partition coefficient (Wildman–Crippen LogP) is 0.963. The molecule has 2 nitrogen and oxygen atoms in total. The zero-order valence-electron chi connectivity index (χ0n) is 5.52. The molecular formula is C7H10O2. The molecule has 0 aliphatic heterocycles. The molecule has 0 aromatic heterocycles. The van der Waals surface area contributed by atoms with Crippen molar-refractivity contribution in [2.45, 2.75) is 19.8 Å². The van der Waals surface area contributed by atoms with E-state index in [9.17, 15) is 4.79 Å². The van der Waals surface area contributed by atoms with Gasteiger partial charge < -0.3 is 4.74 Å². The van der Waals surface area contributed by atoms with Gasteiger partial charge in [-0.2, -0.15) is 0 Å². The highest BCUT2D eigenvalue weighted by molar-refractivity contribution is 5.68. The van der Waals surface area contributed by atoms with Crippen molar-refractivity contribution < 1.29 is 9.53 Å². The molecule has 9 heavy (non-hydrogen) atoms. The molecule has 0 heterocycles. The van der Waals surface area contributed by atoms with Gasteiger partial charge >= 0.3 is 5.97 Å². The van der Waals surface area contributed by atoms with Gasteiger partial charge in [0.1, 0.15) is 6.61 Å². The van der Waals surface area contributed by atoms with Gasteiger partial charge in [-0.15, -0.1) is 12.3 Å². The number of hydrogen-bond acceptors (Lipinski definition) is 2. The summed E-state index contributed by atoms with van der Waals surface area (Å²) in [6.07, 6.45) is 5.84. The number of ether oxygens (including phenoxy) is 1. The summed E-state index contributed by atoms with van der Waals surface area (Å²) in [5.74, 6) is 2.18. The topological polar surface area (TPSA) is 26.3 Å². The Balaban J connectivity index is 3.09. The van der Waals surface area contributed by atoms with Crippen LogP contribution in [-0.4, -0.2) is 12.6 Å². The van der Waals surface area contributed by atoms with E-state index in [1.54, 1.807) is 6.92 Å². The molecule has 0 saturated carbocycles. The van der Waals surface area contributed by atoms with Gasteiger partial charge in [-0.1, -0.05) is 6.92 Å². The zero-order chi connectivity index (χ0) is 7.11. The summed E-state index contributed by atoms with van der Waals surface area (Å²) in [7, 11) is 0. The zero-order valence-corrected chi connectivity index (χ0v) is 5.52. The van der Waals surface area contributed by atoms with Crippen molar-refractivity contribution in [3.05, 3.63) is 0 Å². The Morgan fingerprint density at radius 3 is 2.89 bits per heavy atom. The van der Waals surface area contributed by atoms with Crippen molar-refractivity contribution in [1.29, 1.82) is 0 Å². The fourth-order valence-corrected chi connectivity index (χ4v) is 0.326. The molecule has 0 rings (SSSR count). The first-order valence-electron chi connectivity index (χ1n) is 2.90. The van der Waals surface area contributed by atoms with Crippen molar-refractivity contribution in [3.63, 3.8) is 0 Å². The Bertz CT molecular complexity index is 121. The molecule has 50 valence electrons. The third-order valence-corrected chi connectivity index (χ3v) is 0.798. The van der Waals surface area contributed by atoms with Crippen LogP contribution in [0.25, 0.3) is 0 Å². The van der Waals surface area contributed by atoms with Crippen LogP contribution in [0.1, 0.15) is 19.8 Å². The van der Waals surface area contributed by atoms with Gasteiger partial charge in [-0.25, -0.2) is 0 Å². The highest BCUT2D eigenvalue weighted by atomic mass is 16.5. The van der Waals surface area contributed by atoms with E-state index in [1.807, 2.05) is 0 Å². The molecule has 0 bridgehead atoms. The SMILES string of the molecule is C#CCCOC(=O)CC. The van der Waals surface area contributed by atoms with Crippen molar-refractivity contribution in [3.8, 4) is 12.3 Å². The molecule has 0 aliphatic rings. The van der Waals surface area contributed by atoms with Crippen LogP contribution in [0.15, 0.2) is 0 Å². The van der Waals surface area contributed by atoms with E-state index in [0.717, 1.165) is 0 Å². The van der Waals surface area contributed by atoms with E-state index >= 15 is 0 Å². The number of esters is 1. The second-order valence-corrected chi connectivity index (χ2v) is 1.53. The van der Waals surface area contributed by atoms with E-state index < -0.39 is 0 Å². The second-order valence-electron chi connectivity index (χ2n) is 1.53. The lowest BCUT2D eigenvalue weighted by Crippen LogP contribution is -2.02. The standard InChI is InChI=1S/C7H10O2/c1-3-5-6-9-7(8)4-2/h1H,4-6H2,2H3. The molecule has 0 unspecified atom stereocenters. The molecular weight excluding hydrogens is 116 g/mol. The summed E-state index contributed by atoms with van der Waals surface area (Å²) >= 11 is 0. The van der Waals surface area contributed by atoms with Crippen LogP contribution in [0.3, 0.4) is 0 Å². The molecule has 0 aliphatic carbocycles. The molecule has 0 amide bonds. The van der Waals surface area contributed by atoms with Gasteiger partial charge in [0.2, 0.25) is 0 Å². The van der Waals surface area contributed by atoms with E-state index in [2.05, 4.69) is 10.7 Å². The minimum atomic E-state index is -0.190. The van der Waals surface area contributed by atoms with Crippen LogP contribution in [0.4, 0.5) is 0 Å². The second kappa shape index (κ2) is 5.17. The maximum absolute atomic E-state index is 10.4. The van der Waals surface area contributed by atoms with Crippen LogP contribution in [-0.2, 0) is 9.53 Å². The maximum atomic E-state index is 10.4. The first-order valence-corrected chi connectivity index (χ1v) is 2.90. The largest absolute Gasteiger partial charge is 0.465 e. The quantitative estimate of drug-likeness (QED) is 0.320. The molecule has 0 radical (unpaired) electrons. The molecule has 2 heteroatoms. The molecule has 0 spiro atoms. The van der Waals surface area contributed by atoms with Crippen LogP contribution in [0, 0.1) is 12.3 Å². The fourth-order valence-electron chi connectivity index (χ4n) is 0.326. The monoisotopic (exact) mass is 126 g/mol. The summed E-state index contributed by atoms with van der Waals surface area (Å²) in [6, 6.07) is 0. The predicted molar refractivity (Wildman–Crippen MR) is 34.7 cm³/mol. The van der Waals surface area contributed by atoms with Crippen molar-refractivity contribution >= 4 is 5.97 Å². The van der Waals surface area contributed by atoms with Gasteiger partial charge in [0.05, 0.1) is 0 Å². The molecule has 0 saturated heterocycles. The Hall–Kier alpha value is -0.970. The Morgan fingerprint density at radius 1 is 1.78 bits per heavy atom. The smallest absolute Gasteiger partial charge is 0.305 e. The van der Waals surface area contributed by atoms with Crippen LogP contribution in [0.5, 0.6) is 0 Å². The summed E-state index contributed by atoms with van der Waals surface area (Å²) in [5.41, 5.74) is 0. The van der Waals surface area contributed by atoms with Crippen molar-refractivity contribution in [1.82, 2.24) is 0 Å². The van der Waals surface area contributed by atoms with E-state index in [-0.39, 0.29) is 5.97 Å². The average Bonchev–Trinajstić information content (AvgIpc) is 1.89. The number of carbonyl (C=O) groups is 1. The van der Waals surface area contributed by atoms with Gasteiger partial charge in [0.15, 0.2) is 0 Å². The molecule has 0 fully saturated rings. The number of terminal acetylenes is 1. The average molecular weight is 126 g/mol. The minimum Gasteiger partial charge on any atom is -0.465 e. The molecule has 0 aromatic carbocycles. The van der Waals surface area contributed by atoms with Gasteiger partial charge in [0.25, 0.3) is 0 Å².